The Hall–Kier alpha value is -1.22. The summed E-state index contributed by atoms with van der Waals surface area (Å²) < 4.78 is 0. The maximum Gasteiger partial charge on any atom is 0.230 e. The van der Waals surface area contributed by atoms with Crippen molar-refractivity contribution in [3.05, 3.63) is 42.0 Å². The van der Waals surface area contributed by atoms with Crippen LogP contribution in [0.3, 0.4) is 0 Å². The molecule has 1 fully saturated rings. The average molecular weight is 273 g/mol. The molecule has 0 aliphatic carbocycles. The highest BCUT2D eigenvalue weighted by Crippen LogP contribution is 2.37. The Labute approximate surface area is 118 Å². The van der Waals surface area contributed by atoms with Crippen LogP contribution in [0, 0.1) is 5.92 Å². The van der Waals surface area contributed by atoms with Gasteiger partial charge in [-0.1, -0.05) is 36.4 Å². The Kier molecular flexibility index (Phi) is 3.92. The Bertz CT molecular complexity index is 477. The molecule has 3 heteroatoms. The van der Waals surface area contributed by atoms with Crippen molar-refractivity contribution >= 4 is 22.6 Å². The van der Waals surface area contributed by atoms with Crippen LogP contribution in [0.15, 0.2) is 36.4 Å². The minimum absolute atomic E-state index is 0.0818. The van der Waals surface area contributed by atoms with Crippen LogP contribution in [0.2, 0.25) is 0 Å². The SMILES string of the molecule is O=C(C1C=C(c2ccccc2)SC1)N1CCCCC1. The highest BCUT2D eigenvalue weighted by molar-refractivity contribution is 8.08. The third-order valence-corrected chi connectivity index (χ3v) is 5.02. The van der Waals surface area contributed by atoms with Gasteiger partial charge in [0, 0.05) is 23.7 Å². The summed E-state index contributed by atoms with van der Waals surface area (Å²) in [4.78, 5) is 15.8. The van der Waals surface area contributed by atoms with Crippen LogP contribution in [0.1, 0.15) is 24.8 Å². The maximum absolute atomic E-state index is 12.4. The smallest absolute Gasteiger partial charge is 0.230 e. The number of rotatable bonds is 2. The molecule has 2 aliphatic heterocycles. The van der Waals surface area contributed by atoms with E-state index in [2.05, 4.69) is 35.2 Å². The number of benzene rings is 1. The molecule has 2 heterocycles. The second-order valence-electron chi connectivity index (χ2n) is 5.20. The number of hydrogen-bond acceptors (Lipinski definition) is 2. The van der Waals surface area contributed by atoms with E-state index in [0.717, 1.165) is 18.8 Å². The van der Waals surface area contributed by atoms with E-state index in [9.17, 15) is 4.79 Å². The van der Waals surface area contributed by atoms with E-state index in [1.54, 1.807) is 0 Å². The van der Waals surface area contributed by atoms with Crippen LogP contribution < -0.4 is 0 Å². The zero-order valence-electron chi connectivity index (χ0n) is 11.0. The first-order valence-electron chi connectivity index (χ1n) is 7.03. The van der Waals surface area contributed by atoms with Crippen molar-refractivity contribution in [3.8, 4) is 0 Å². The molecule has 1 atom stereocenters. The molecule has 19 heavy (non-hydrogen) atoms. The second-order valence-corrected chi connectivity index (χ2v) is 6.26. The van der Waals surface area contributed by atoms with Gasteiger partial charge in [-0.15, -0.1) is 11.8 Å². The number of piperidine rings is 1. The van der Waals surface area contributed by atoms with Gasteiger partial charge in [0.15, 0.2) is 0 Å². The Morgan fingerprint density at radius 2 is 1.84 bits per heavy atom. The molecule has 1 aromatic carbocycles. The van der Waals surface area contributed by atoms with Gasteiger partial charge in [-0.25, -0.2) is 0 Å². The van der Waals surface area contributed by atoms with E-state index in [-0.39, 0.29) is 5.92 Å². The van der Waals surface area contributed by atoms with E-state index in [1.807, 2.05) is 17.8 Å². The molecule has 2 nitrogen and oxygen atoms in total. The summed E-state index contributed by atoms with van der Waals surface area (Å²) in [7, 11) is 0. The Morgan fingerprint density at radius 3 is 2.58 bits per heavy atom. The summed E-state index contributed by atoms with van der Waals surface area (Å²) in [5.74, 6) is 1.32. The van der Waals surface area contributed by atoms with E-state index >= 15 is 0 Å². The van der Waals surface area contributed by atoms with Gasteiger partial charge in [-0.2, -0.15) is 0 Å². The lowest BCUT2D eigenvalue weighted by atomic mass is 10.1. The van der Waals surface area contributed by atoms with Crippen molar-refractivity contribution in [1.29, 1.82) is 0 Å². The largest absolute Gasteiger partial charge is 0.342 e. The van der Waals surface area contributed by atoms with Crippen LogP contribution in [-0.2, 0) is 4.79 Å². The number of thioether (sulfide) groups is 1. The topological polar surface area (TPSA) is 20.3 Å². The standard InChI is InChI=1S/C16H19NOS/c18-16(17-9-5-2-6-10-17)14-11-15(19-12-14)13-7-3-1-4-8-13/h1,3-4,7-8,11,14H,2,5-6,9-10,12H2. The fourth-order valence-corrected chi connectivity index (χ4v) is 3.89. The van der Waals surface area contributed by atoms with Crippen molar-refractivity contribution in [2.45, 2.75) is 19.3 Å². The third-order valence-electron chi connectivity index (χ3n) is 3.81. The highest BCUT2D eigenvalue weighted by atomic mass is 32.2. The molecule has 0 bridgehead atoms. The van der Waals surface area contributed by atoms with Gasteiger partial charge >= 0.3 is 0 Å². The van der Waals surface area contributed by atoms with Crippen LogP contribution >= 0.6 is 11.8 Å². The lowest BCUT2D eigenvalue weighted by Crippen LogP contribution is -2.39. The maximum atomic E-state index is 12.4. The summed E-state index contributed by atoms with van der Waals surface area (Å²) in [5.41, 5.74) is 1.24. The summed E-state index contributed by atoms with van der Waals surface area (Å²) in [6.07, 6.45) is 5.77. The Morgan fingerprint density at radius 1 is 1.11 bits per heavy atom. The third kappa shape index (κ3) is 2.86. The Balaban J connectivity index is 1.70. The van der Waals surface area contributed by atoms with Gasteiger partial charge in [-0.05, 0) is 24.8 Å². The van der Waals surface area contributed by atoms with Crippen molar-refractivity contribution in [1.82, 2.24) is 4.90 Å². The fraction of sp³-hybridized carbons (Fsp3) is 0.438. The number of nitrogens with zero attached hydrogens (tertiary/aromatic N) is 1. The van der Waals surface area contributed by atoms with Crippen molar-refractivity contribution in [3.63, 3.8) is 0 Å². The van der Waals surface area contributed by atoms with E-state index in [1.165, 1.54) is 29.7 Å². The summed E-state index contributed by atoms with van der Waals surface area (Å²) >= 11 is 1.81. The highest BCUT2D eigenvalue weighted by Gasteiger charge is 2.28. The zero-order valence-corrected chi connectivity index (χ0v) is 11.9. The molecule has 0 radical (unpaired) electrons. The number of amides is 1. The van der Waals surface area contributed by atoms with Gasteiger partial charge < -0.3 is 4.90 Å². The lowest BCUT2D eigenvalue weighted by molar-refractivity contribution is -0.134. The molecule has 1 amide bonds. The van der Waals surface area contributed by atoms with Crippen LogP contribution in [-0.4, -0.2) is 29.6 Å². The van der Waals surface area contributed by atoms with Gasteiger partial charge in [0.1, 0.15) is 0 Å². The van der Waals surface area contributed by atoms with Crippen LogP contribution in [0.5, 0.6) is 0 Å². The molecule has 2 aliphatic rings. The molecule has 3 rings (SSSR count). The second kappa shape index (κ2) is 5.83. The first kappa shape index (κ1) is 12.8. The molecule has 100 valence electrons. The molecule has 0 spiro atoms. The number of hydrogen-bond donors (Lipinski definition) is 0. The first-order valence-corrected chi connectivity index (χ1v) is 8.02. The molecule has 0 aromatic heterocycles. The minimum Gasteiger partial charge on any atom is -0.342 e. The van der Waals surface area contributed by atoms with Crippen molar-refractivity contribution < 1.29 is 4.79 Å². The summed E-state index contributed by atoms with van der Waals surface area (Å²) in [6, 6.07) is 10.4. The number of likely N-dealkylation sites (tertiary alicyclic amines) is 1. The molecular formula is C16H19NOS. The normalized spacial score (nSPS) is 23.3. The van der Waals surface area contributed by atoms with Gasteiger partial charge in [0.2, 0.25) is 5.91 Å². The predicted molar refractivity (Wildman–Crippen MR) is 80.8 cm³/mol. The van der Waals surface area contributed by atoms with E-state index in [4.69, 9.17) is 0 Å². The predicted octanol–water partition coefficient (Wildman–Crippen LogP) is 3.40. The molecule has 1 aromatic rings. The molecule has 1 unspecified atom stereocenters. The molecule has 1 saturated heterocycles. The average Bonchev–Trinajstić information content (AvgIpc) is 2.98. The van der Waals surface area contributed by atoms with Crippen molar-refractivity contribution in [2.75, 3.05) is 18.8 Å². The summed E-state index contributed by atoms with van der Waals surface area (Å²) in [6.45, 7) is 1.91. The first-order chi connectivity index (χ1) is 9.34. The number of carbonyl (C=O) groups is 1. The van der Waals surface area contributed by atoms with Crippen LogP contribution in [0.25, 0.3) is 4.91 Å². The number of carbonyl (C=O) groups excluding carboxylic acids is 1. The minimum atomic E-state index is 0.0818. The fourth-order valence-electron chi connectivity index (χ4n) is 2.73. The van der Waals surface area contributed by atoms with E-state index in [0.29, 0.717) is 5.91 Å². The zero-order chi connectivity index (χ0) is 13.1. The van der Waals surface area contributed by atoms with Crippen molar-refractivity contribution in [2.24, 2.45) is 5.92 Å². The van der Waals surface area contributed by atoms with Gasteiger partial charge in [0.25, 0.3) is 0 Å². The van der Waals surface area contributed by atoms with Crippen LogP contribution in [0.4, 0.5) is 0 Å². The molecular weight excluding hydrogens is 254 g/mol. The van der Waals surface area contributed by atoms with E-state index < -0.39 is 0 Å². The quantitative estimate of drug-likeness (QED) is 0.823. The van der Waals surface area contributed by atoms with Gasteiger partial charge in [-0.3, -0.25) is 4.79 Å². The molecule has 0 N–H and O–H groups in total. The monoisotopic (exact) mass is 273 g/mol. The summed E-state index contributed by atoms with van der Waals surface area (Å²) in [5, 5.41) is 0. The van der Waals surface area contributed by atoms with Gasteiger partial charge in [0.05, 0.1) is 5.92 Å². The molecule has 0 saturated carbocycles. The lowest BCUT2D eigenvalue weighted by Gasteiger charge is -2.28.